The summed E-state index contributed by atoms with van der Waals surface area (Å²) in [5, 5.41) is 0. The number of piperidine rings is 1. The van der Waals surface area contributed by atoms with Crippen molar-refractivity contribution in [3.8, 4) is 0 Å². The van der Waals surface area contributed by atoms with Crippen LogP contribution in [0, 0.1) is 0 Å². The Balaban J connectivity index is 1.81. The van der Waals surface area contributed by atoms with Crippen LogP contribution in [-0.4, -0.2) is 45.7 Å². The number of benzene rings is 1. The highest BCUT2D eigenvalue weighted by atomic mass is 32.2. The number of carbonyl (C=O) groups is 1. The average molecular weight is 363 g/mol. The average Bonchev–Trinajstić information content (AvgIpc) is 2.57. The van der Waals surface area contributed by atoms with Crippen molar-refractivity contribution in [1.82, 2.24) is 4.90 Å². The molecule has 1 spiro atoms. The van der Waals surface area contributed by atoms with E-state index in [1.165, 1.54) is 0 Å². The van der Waals surface area contributed by atoms with Crippen LogP contribution in [0.15, 0.2) is 35.2 Å². The monoisotopic (exact) mass is 363 g/mol. The SMILES string of the molecule is COC1=CC2(CCN(C(=O)OC(C)(C)C)CC2)S(=O)c2ccccc21. The van der Waals surface area contributed by atoms with Gasteiger partial charge in [-0.2, -0.15) is 0 Å². The minimum Gasteiger partial charge on any atom is -0.496 e. The molecule has 0 bridgehead atoms. The van der Waals surface area contributed by atoms with Crippen molar-refractivity contribution in [3.63, 3.8) is 0 Å². The van der Waals surface area contributed by atoms with E-state index in [2.05, 4.69) is 0 Å². The van der Waals surface area contributed by atoms with Crippen LogP contribution in [0.3, 0.4) is 0 Å². The van der Waals surface area contributed by atoms with Gasteiger partial charge in [-0.25, -0.2) is 4.79 Å². The van der Waals surface area contributed by atoms with E-state index >= 15 is 0 Å². The number of methoxy groups -OCH3 is 1. The van der Waals surface area contributed by atoms with E-state index in [-0.39, 0.29) is 6.09 Å². The van der Waals surface area contributed by atoms with E-state index in [9.17, 15) is 9.00 Å². The summed E-state index contributed by atoms with van der Waals surface area (Å²) in [6.07, 6.45) is 2.94. The highest BCUT2D eigenvalue weighted by Crippen LogP contribution is 2.42. The van der Waals surface area contributed by atoms with Crippen LogP contribution in [0.25, 0.3) is 5.76 Å². The summed E-state index contributed by atoms with van der Waals surface area (Å²) in [6.45, 7) is 6.62. The van der Waals surface area contributed by atoms with Crippen molar-refractivity contribution in [3.05, 3.63) is 35.9 Å². The summed E-state index contributed by atoms with van der Waals surface area (Å²) in [7, 11) is 0.474. The number of likely N-dealkylation sites (tertiary alicyclic amines) is 1. The maximum absolute atomic E-state index is 13.2. The molecule has 1 fully saturated rings. The summed E-state index contributed by atoms with van der Waals surface area (Å²) in [5.74, 6) is 0.765. The topological polar surface area (TPSA) is 55.8 Å². The predicted octanol–water partition coefficient (Wildman–Crippen LogP) is 3.56. The van der Waals surface area contributed by atoms with E-state index in [4.69, 9.17) is 9.47 Å². The second kappa shape index (κ2) is 6.48. The third kappa shape index (κ3) is 3.45. The lowest BCUT2D eigenvalue weighted by molar-refractivity contribution is 0.0205. The summed E-state index contributed by atoms with van der Waals surface area (Å²) in [6, 6.07) is 7.66. The molecule has 1 saturated heterocycles. The van der Waals surface area contributed by atoms with E-state index in [0.717, 1.165) is 16.2 Å². The van der Waals surface area contributed by atoms with Crippen molar-refractivity contribution in [2.45, 2.75) is 48.9 Å². The standard InChI is InChI=1S/C19H25NO4S/c1-18(2,3)24-17(21)20-11-9-19(10-12-20)13-15(23-4)14-7-5-6-8-16(14)25(19)22/h5-8,13H,9-12H2,1-4H3. The zero-order chi connectivity index (χ0) is 18.2. The molecule has 6 heteroatoms. The lowest BCUT2D eigenvalue weighted by Crippen LogP contribution is -2.50. The van der Waals surface area contributed by atoms with Crippen molar-refractivity contribution < 1.29 is 18.5 Å². The van der Waals surface area contributed by atoms with Crippen molar-refractivity contribution in [1.29, 1.82) is 0 Å². The summed E-state index contributed by atoms with van der Waals surface area (Å²) < 4.78 is 23.8. The molecule has 0 aromatic heterocycles. The minimum absolute atomic E-state index is 0.305. The van der Waals surface area contributed by atoms with Crippen LogP contribution in [0.4, 0.5) is 4.79 Å². The molecule has 2 heterocycles. The molecule has 1 aromatic rings. The smallest absolute Gasteiger partial charge is 0.410 e. The van der Waals surface area contributed by atoms with E-state index in [0.29, 0.717) is 25.9 Å². The Morgan fingerprint density at radius 1 is 1.20 bits per heavy atom. The summed E-state index contributed by atoms with van der Waals surface area (Å²) in [4.78, 5) is 14.8. The molecule has 1 unspecified atom stereocenters. The first kappa shape index (κ1) is 18.0. The second-order valence-corrected chi connectivity index (χ2v) is 9.30. The number of amides is 1. The van der Waals surface area contributed by atoms with Crippen LogP contribution >= 0.6 is 0 Å². The number of nitrogens with zero attached hydrogens (tertiary/aromatic N) is 1. The molecule has 1 atom stereocenters. The normalized spacial score (nSPS) is 22.2. The fraction of sp³-hybridized carbons (Fsp3) is 0.526. The Hall–Kier alpha value is -1.82. The number of ether oxygens (including phenoxy) is 2. The molecule has 2 aliphatic heterocycles. The highest BCUT2D eigenvalue weighted by Gasteiger charge is 2.44. The van der Waals surface area contributed by atoms with Crippen LogP contribution in [0.5, 0.6) is 0 Å². The van der Waals surface area contributed by atoms with Gasteiger partial charge in [0.1, 0.15) is 11.4 Å². The second-order valence-electron chi connectivity index (χ2n) is 7.51. The van der Waals surface area contributed by atoms with Gasteiger partial charge in [-0.15, -0.1) is 0 Å². The molecule has 0 radical (unpaired) electrons. The van der Waals surface area contributed by atoms with Crippen LogP contribution < -0.4 is 0 Å². The fourth-order valence-electron chi connectivity index (χ4n) is 3.31. The molecule has 3 rings (SSSR count). The molecule has 136 valence electrons. The number of hydrogen-bond acceptors (Lipinski definition) is 4. The lowest BCUT2D eigenvalue weighted by Gasteiger charge is -2.41. The number of fused-ring (bicyclic) bond motifs is 1. The van der Waals surface area contributed by atoms with Gasteiger partial charge < -0.3 is 14.4 Å². The largest absolute Gasteiger partial charge is 0.496 e. The van der Waals surface area contributed by atoms with Crippen molar-refractivity contribution in [2.24, 2.45) is 0 Å². The Morgan fingerprint density at radius 2 is 1.84 bits per heavy atom. The fourth-order valence-corrected chi connectivity index (χ4v) is 5.09. The van der Waals surface area contributed by atoms with Gasteiger partial charge in [0.25, 0.3) is 0 Å². The van der Waals surface area contributed by atoms with Crippen molar-refractivity contribution >= 4 is 22.7 Å². The maximum Gasteiger partial charge on any atom is 0.410 e. The molecule has 0 saturated carbocycles. The van der Waals surface area contributed by atoms with E-state index in [1.54, 1.807) is 12.0 Å². The van der Waals surface area contributed by atoms with Gasteiger partial charge in [0.2, 0.25) is 0 Å². The van der Waals surface area contributed by atoms with Gasteiger partial charge in [-0.3, -0.25) is 4.21 Å². The third-order valence-corrected chi connectivity index (χ3v) is 6.62. The zero-order valence-electron chi connectivity index (χ0n) is 15.2. The van der Waals surface area contributed by atoms with Crippen LogP contribution in [0.1, 0.15) is 39.2 Å². The first-order valence-electron chi connectivity index (χ1n) is 8.52. The number of rotatable bonds is 1. The first-order chi connectivity index (χ1) is 11.8. The van der Waals surface area contributed by atoms with Gasteiger partial charge in [-0.05, 0) is 45.8 Å². The third-order valence-electron chi connectivity index (χ3n) is 4.60. The predicted molar refractivity (Wildman–Crippen MR) is 97.6 cm³/mol. The first-order valence-corrected chi connectivity index (χ1v) is 9.67. The Labute approximate surface area is 151 Å². The molecule has 1 aromatic carbocycles. The Morgan fingerprint density at radius 3 is 2.44 bits per heavy atom. The molecule has 25 heavy (non-hydrogen) atoms. The van der Waals surface area contributed by atoms with E-state index in [1.807, 2.05) is 51.1 Å². The van der Waals surface area contributed by atoms with Crippen LogP contribution in [0.2, 0.25) is 0 Å². The highest BCUT2D eigenvalue weighted by molar-refractivity contribution is 7.86. The van der Waals surface area contributed by atoms with Gasteiger partial charge in [-0.1, -0.05) is 18.2 Å². The van der Waals surface area contributed by atoms with Gasteiger partial charge in [0.15, 0.2) is 0 Å². The Bertz CT molecular complexity index is 727. The molecule has 0 N–H and O–H groups in total. The molecule has 1 amide bonds. The van der Waals surface area contributed by atoms with Crippen LogP contribution in [-0.2, 0) is 20.3 Å². The molecular weight excluding hydrogens is 338 g/mol. The molecule has 2 aliphatic rings. The molecule has 0 aliphatic carbocycles. The minimum atomic E-state index is -1.16. The maximum atomic E-state index is 13.2. The summed E-state index contributed by atoms with van der Waals surface area (Å²) in [5.41, 5.74) is 0.380. The Kier molecular flexibility index (Phi) is 4.66. The van der Waals surface area contributed by atoms with E-state index < -0.39 is 21.1 Å². The molecule has 5 nitrogen and oxygen atoms in total. The zero-order valence-corrected chi connectivity index (χ0v) is 16.0. The summed E-state index contributed by atoms with van der Waals surface area (Å²) >= 11 is 0. The number of hydrogen-bond donors (Lipinski definition) is 0. The van der Waals surface area contributed by atoms with Crippen molar-refractivity contribution in [2.75, 3.05) is 20.2 Å². The quantitative estimate of drug-likeness (QED) is 0.765. The lowest BCUT2D eigenvalue weighted by atomic mass is 9.93. The van der Waals surface area contributed by atoms with Gasteiger partial charge >= 0.3 is 6.09 Å². The number of carbonyl (C=O) groups excluding carboxylic acids is 1. The van der Waals surface area contributed by atoms with Gasteiger partial charge in [0, 0.05) is 18.7 Å². The van der Waals surface area contributed by atoms with Gasteiger partial charge in [0.05, 0.1) is 27.6 Å². The molecular formula is C19H25NO4S.